The monoisotopic (exact) mass is 273 g/mol. The number of nitrogens with zero attached hydrogens (tertiary/aromatic N) is 1. The van der Waals surface area contributed by atoms with E-state index in [1.54, 1.807) is 12.2 Å². The van der Waals surface area contributed by atoms with Crippen LogP contribution in [0.15, 0.2) is 67.8 Å². The Labute approximate surface area is 124 Å². The number of pyridine rings is 1. The van der Waals surface area contributed by atoms with Crippen LogP contribution in [0.3, 0.4) is 0 Å². The third-order valence-corrected chi connectivity index (χ3v) is 3.27. The summed E-state index contributed by atoms with van der Waals surface area (Å²) in [6.45, 7) is 7.71. The topological polar surface area (TPSA) is 22.1 Å². The average Bonchev–Trinajstić information content (AvgIpc) is 2.55. The molecule has 0 saturated heterocycles. The molecule has 0 spiro atoms. The van der Waals surface area contributed by atoms with Crippen molar-refractivity contribution in [3.05, 3.63) is 79.0 Å². The summed E-state index contributed by atoms with van der Waals surface area (Å²) >= 11 is 0. The summed E-state index contributed by atoms with van der Waals surface area (Å²) in [6.07, 6.45) is 3.48. The Morgan fingerprint density at radius 1 is 0.857 bits per heavy atom. The minimum Gasteiger partial charge on any atom is -0.456 e. The maximum absolute atomic E-state index is 6.10. The van der Waals surface area contributed by atoms with Crippen LogP contribution in [0.5, 0.6) is 11.5 Å². The molecule has 0 radical (unpaired) electrons. The summed E-state index contributed by atoms with van der Waals surface area (Å²) in [4.78, 5) is 4.60. The lowest BCUT2D eigenvalue weighted by atomic mass is 10.1. The van der Waals surface area contributed by atoms with Crippen LogP contribution in [-0.2, 0) is 0 Å². The normalized spacial score (nSPS) is 10.3. The van der Waals surface area contributed by atoms with E-state index in [-0.39, 0.29) is 0 Å². The van der Waals surface area contributed by atoms with Gasteiger partial charge in [0.1, 0.15) is 11.5 Å². The highest BCUT2D eigenvalue weighted by Gasteiger charge is 2.13. The van der Waals surface area contributed by atoms with E-state index in [0.29, 0.717) is 0 Å². The predicted molar refractivity (Wildman–Crippen MR) is 88.4 cm³/mol. The Bertz CT molecular complexity index is 806. The second kappa shape index (κ2) is 5.63. The van der Waals surface area contributed by atoms with Gasteiger partial charge in [-0.2, -0.15) is 0 Å². The molecule has 0 atom stereocenters. The Kier molecular flexibility index (Phi) is 3.52. The Morgan fingerprint density at radius 3 is 2.29 bits per heavy atom. The Hall–Kier alpha value is -2.87. The fourth-order valence-electron chi connectivity index (χ4n) is 2.28. The molecule has 1 aromatic heterocycles. The molecule has 3 rings (SSSR count). The predicted octanol–water partition coefficient (Wildman–Crippen LogP) is 5.31. The first-order valence-electron chi connectivity index (χ1n) is 6.74. The fourth-order valence-corrected chi connectivity index (χ4v) is 2.28. The van der Waals surface area contributed by atoms with Gasteiger partial charge in [-0.3, -0.25) is 0 Å². The summed E-state index contributed by atoms with van der Waals surface area (Å²) in [6, 6.07) is 17.6. The van der Waals surface area contributed by atoms with E-state index in [4.69, 9.17) is 4.74 Å². The lowest BCUT2D eigenvalue weighted by molar-refractivity contribution is 0.486. The highest BCUT2D eigenvalue weighted by molar-refractivity contribution is 5.91. The summed E-state index contributed by atoms with van der Waals surface area (Å²) in [5.74, 6) is 1.55. The summed E-state index contributed by atoms with van der Waals surface area (Å²) in [7, 11) is 0. The maximum Gasteiger partial charge on any atom is 0.146 e. The number of ether oxygens (including phenoxy) is 1. The van der Waals surface area contributed by atoms with Gasteiger partial charge in [0.2, 0.25) is 0 Å². The van der Waals surface area contributed by atoms with Crippen LogP contribution >= 0.6 is 0 Å². The number of hydrogen-bond acceptors (Lipinski definition) is 2. The molecule has 3 aromatic rings. The van der Waals surface area contributed by atoms with Crippen LogP contribution in [0.4, 0.5) is 0 Å². The molecular formula is C19H15NO. The summed E-state index contributed by atoms with van der Waals surface area (Å²) in [5.41, 5.74) is 2.51. The number of hydrogen-bond donors (Lipinski definition) is 0. The fraction of sp³-hybridized carbons (Fsp3) is 0. The summed E-state index contributed by atoms with van der Waals surface area (Å²) in [5, 5.41) is 0.960. The molecule has 0 amide bonds. The second-order valence-electron chi connectivity index (χ2n) is 4.58. The van der Waals surface area contributed by atoms with Crippen molar-refractivity contribution < 1.29 is 4.74 Å². The largest absolute Gasteiger partial charge is 0.456 e. The molecule has 0 bridgehead atoms. The maximum atomic E-state index is 6.10. The van der Waals surface area contributed by atoms with Crippen molar-refractivity contribution in [1.82, 2.24) is 4.98 Å². The molecule has 2 heteroatoms. The molecule has 21 heavy (non-hydrogen) atoms. The Balaban J connectivity index is 2.27. The molecular weight excluding hydrogens is 258 g/mol. The third-order valence-electron chi connectivity index (χ3n) is 3.27. The number of rotatable bonds is 4. The third kappa shape index (κ3) is 2.43. The zero-order valence-electron chi connectivity index (χ0n) is 11.6. The van der Waals surface area contributed by atoms with Crippen LogP contribution in [0.1, 0.15) is 11.3 Å². The first-order valence-corrected chi connectivity index (χ1v) is 6.74. The molecule has 0 fully saturated rings. The lowest BCUT2D eigenvalue weighted by Gasteiger charge is -2.14. The molecule has 0 saturated carbocycles. The highest BCUT2D eigenvalue weighted by atomic mass is 16.5. The molecule has 0 unspecified atom stereocenters. The van der Waals surface area contributed by atoms with Crippen molar-refractivity contribution in [3.8, 4) is 11.5 Å². The quantitative estimate of drug-likeness (QED) is 0.642. The van der Waals surface area contributed by atoms with Crippen molar-refractivity contribution in [3.63, 3.8) is 0 Å². The van der Waals surface area contributed by atoms with Gasteiger partial charge in [0.05, 0.1) is 11.2 Å². The van der Waals surface area contributed by atoms with Gasteiger partial charge in [-0.05, 0) is 30.3 Å². The van der Waals surface area contributed by atoms with Crippen LogP contribution in [0.2, 0.25) is 0 Å². The smallest absolute Gasteiger partial charge is 0.146 e. The number of benzene rings is 2. The molecule has 102 valence electrons. The average molecular weight is 273 g/mol. The first kappa shape index (κ1) is 13.1. The van der Waals surface area contributed by atoms with Crippen molar-refractivity contribution in [2.24, 2.45) is 0 Å². The second-order valence-corrected chi connectivity index (χ2v) is 4.58. The molecule has 0 aliphatic heterocycles. The van der Waals surface area contributed by atoms with Crippen LogP contribution in [-0.4, -0.2) is 4.98 Å². The molecule has 0 aliphatic rings. The van der Waals surface area contributed by atoms with Crippen LogP contribution in [0, 0.1) is 0 Å². The van der Waals surface area contributed by atoms with Crippen molar-refractivity contribution in [2.75, 3.05) is 0 Å². The van der Waals surface area contributed by atoms with E-state index >= 15 is 0 Å². The molecule has 1 heterocycles. The van der Waals surface area contributed by atoms with Crippen LogP contribution in [0.25, 0.3) is 23.1 Å². The van der Waals surface area contributed by atoms with E-state index in [9.17, 15) is 0 Å². The van der Waals surface area contributed by atoms with Crippen LogP contribution < -0.4 is 4.74 Å². The minimum absolute atomic E-state index is 0.761. The SMILES string of the molecule is C=Cc1nc2ccccc2c(Oc2ccccc2)c1C=C. The minimum atomic E-state index is 0.761. The van der Waals surface area contributed by atoms with Gasteiger partial charge in [0.15, 0.2) is 0 Å². The molecule has 0 N–H and O–H groups in total. The molecule has 0 aliphatic carbocycles. The van der Waals surface area contributed by atoms with Gasteiger partial charge in [0, 0.05) is 10.9 Å². The van der Waals surface area contributed by atoms with Gasteiger partial charge >= 0.3 is 0 Å². The summed E-state index contributed by atoms with van der Waals surface area (Å²) < 4.78 is 6.10. The van der Waals surface area contributed by atoms with Crippen molar-refractivity contribution in [2.45, 2.75) is 0 Å². The lowest BCUT2D eigenvalue weighted by Crippen LogP contribution is -1.95. The van der Waals surface area contributed by atoms with Crippen molar-refractivity contribution >= 4 is 23.1 Å². The highest BCUT2D eigenvalue weighted by Crippen LogP contribution is 2.35. The molecule has 2 nitrogen and oxygen atoms in total. The van der Waals surface area contributed by atoms with Gasteiger partial charge in [-0.15, -0.1) is 0 Å². The molecule has 2 aromatic carbocycles. The number of fused-ring (bicyclic) bond motifs is 1. The van der Waals surface area contributed by atoms with Gasteiger partial charge < -0.3 is 4.74 Å². The van der Waals surface area contributed by atoms with Gasteiger partial charge in [-0.1, -0.05) is 49.6 Å². The Morgan fingerprint density at radius 2 is 1.57 bits per heavy atom. The first-order chi connectivity index (χ1) is 10.3. The number of para-hydroxylation sites is 2. The zero-order valence-corrected chi connectivity index (χ0v) is 11.6. The van der Waals surface area contributed by atoms with Crippen molar-refractivity contribution in [1.29, 1.82) is 0 Å². The zero-order chi connectivity index (χ0) is 14.7. The van der Waals surface area contributed by atoms with E-state index < -0.39 is 0 Å². The van der Waals surface area contributed by atoms with E-state index in [2.05, 4.69) is 18.1 Å². The number of aromatic nitrogens is 1. The van der Waals surface area contributed by atoms with E-state index in [1.807, 2.05) is 54.6 Å². The standard InChI is InChI=1S/C19H15NO/c1-3-15-17(4-2)20-18-13-9-8-12-16(18)19(15)21-14-10-6-5-7-11-14/h3-13H,1-2H2. The van der Waals surface area contributed by atoms with Gasteiger partial charge in [0.25, 0.3) is 0 Å². The van der Waals surface area contributed by atoms with E-state index in [1.165, 1.54) is 0 Å². The van der Waals surface area contributed by atoms with Gasteiger partial charge in [-0.25, -0.2) is 4.98 Å². The van der Waals surface area contributed by atoms with E-state index in [0.717, 1.165) is 33.7 Å².